The number of pyridine rings is 8. The van der Waals surface area contributed by atoms with E-state index < -0.39 is 25.4 Å². The lowest BCUT2D eigenvalue weighted by Gasteiger charge is -2.32. The van der Waals surface area contributed by atoms with Crippen molar-refractivity contribution < 1.29 is 93.7 Å². The average molecular weight is 2160 g/mol. The number of hydrogen-bond donors (Lipinski definition) is 2. The molecular weight excluding hydrogens is 2050 g/mol. The van der Waals surface area contributed by atoms with Gasteiger partial charge in [-0.25, -0.2) is 4.98 Å². The fourth-order valence-electron chi connectivity index (χ4n) is 13.6. The molecule has 141 heavy (non-hydrogen) atoms. The first-order valence-corrected chi connectivity index (χ1v) is 47.4. The summed E-state index contributed by atoms with van der Waals surface area (Å²) in [6.07, 6.45) is 18.3. The van der Waals surface area contributed by atoms with Gasteiger partial charge in [0.25, 0.3) is 18.3 Å². The van der Waals surface area contributed by atoms with Gasteiger partial charge in [0.05, 0.1) is 115 Å². The second-order valence-electron chi connectivity index (χ2n) is 34.0. The first-order valence-electron chi connectivity index (χ1n) is 44.3. The Morgan fingerprint density at radius 2 is 0.865 bits per heavy atom. The lowest BCUT2D eigenvalue weighted by Crippen LogP contribution is -2.41. The monoisotopic (exact) mass is 2160 g/mol. The van der Waals surface area contributed by atoms with Gasteiger partial charge in [0.2, 0.25) is 5.88 Å². The van der Waals surface area contributed by atoms with E-state index in [0.29, 0.717) is 123 Å². The molecule has 2 N–H and O–H groups in total. The topological polar surface area (TPSA) is 417 Å². The standard InChI is InChI=1S/C28H27N5O4.C18H25BN2O3.C16H14ClN3O3.C13H15BClNO3.C7H6BrNO3.2C7H8BrNO.C3H8.CO2/c1-33(2)28(34)24-14-25(35-3)21(16-31-24)26-13-23-27(37-26)20(6-9-30-23)17-4-5-22(18(12-17)15-29)32-19-7-10-36-11-8-19;1-17(2)18(3,4)24-19(23-17)14-5-6-16(13(11-14)12-20)21-15-7-9-22-10-8-15;1-20(2)16(21)12-7-13(22-3)9(8-19-12)14-6-11-15(23-14)10(17)4-5-18-11;1-12(2)13(3,4)19-14(18-12)10-7-9-11(17-10)8(15)5-6-16-9;1-11-6-2-7(12-4-10)9-3-5(6)8;2*1-5-3-7(10-2)6(8)4-9-5;1-3-2;2-1-3/h4-6,9,12-14,16,19,32H,7-8,10-11H2,1-3H3;5-6,11,15,21H,7-10H2,1-4H3;4-8H,1-3H3;5-7H,1-4H3;2-4H,1H3;2*3-4H,1-2H3;3H2,1-2H3;. The number of carbonyl (C=O) groups is 3. The van der Waals surface area contributed by atoms with Crippen LogP contribution >= 0.6 is 71.0 Å². The summed E-state index contributed by atoms with van der Waals surface area (Å²) in [7, 11) is 13.5. The molecule has 11 aromatic heterocycles. The lowest BCUT2D eigenvalue weighted by atomic mass is 9.78. The number of halogens is 5. The van der Waals surface area contributed by atoms with Gasteiger partial charge in [0.15, 0.2) is 16.7 Å². The van der Waals surface area contributed by atoms with E-state index in [1.165, 1.54) is 49.8 Å². The zero-order chi connectivity index (χ0) is 103. The van der Waals surface area contributed by atoms with E-state index in [2.05, 4.69) is 129 Å². The smallest absolute Gasteiger partial charge is 0.496 e. The Morgan fingerprint density at radius 3 is 1.27 bits per heavy atom. The van der Waals surface area contributed by atoms with Gasteiger partial charge < -0.3 is 90.2 Å². The molecule has 4 aliphatic rings. The summed E-state index contributed by atoms with van der Waals surface area (Å²) >= 11 is 22.0. The van der Waals surface area contributed by atoms with Crippen molar-refractivity contribution in [3.05, 3.63) is 210 Å². The van der Waals surface area contributed by atoms with Crippen LogP contribution in [0.15, 0.2) is 179 Å². The molecule has 0 bridgehead atoms. The highest BCUT2D eigenvalue weighted by Crippen LogP contribution is 2.43. The average Bonchev–Trinajstić information content (AvgIpc) is 1.61. The molecule has 15 heterocycles. The number of amides is 2. The number of methoxy groups -OCH3 is 5. The van der Waals surface area contributed by atoms with Crippen LogP contribution in [0, 0.1) is 36.5 Å². The summed E-state index contributed by atoms with van der Waals surface area (Å²) in [5, 5.41) is 27.3. The van der Waals surface area contributed by atoms with E-state index in [0.717, 1.165) is 112 Å². The summed E-state index contributed by atoms with van der Waals surface area (Å²) in [6.45, 7) is 27.5. The number of nitrogens with zero attached hydrogens (tertiary/aromatic N) is 12. The van der Waals surface area contributed by atoms with Crippen molar-refractivity contribution in [2.75, 3.05) is 101 Å². The Labute approximate surface area is 854 Å². The molecular formula is C100H111B2Br3Cl2N14O20. The molecule has 4 aliphatic heterocycles. The SMILES string of the molecule is CC1(C)OB(c2cc3nccc(Cl)c3o2)OC1(C)C.CC1(C)OB(c2ccc(NC3CCOCC3)c(C#N)c2)OC1(C)C.CCC.COc1cc(C(=O)N(C)C)ncc1-c1cc2nccc(-c3ccc(NC4CCOCC4)c(C#N)c3)c2o1.COc1cc(C(=O)N(C)C)ncc1-c1cc2nccc(Cl)c2o1.COc1cc(C)ncc1Br.COc1cc(C)ncc1Br.COc1cc(OC=O)ncc1Br.O=C=O. The minimum absolute atomic E-state index is 0.204. The Bertz CT molecular complexity index is 6500. The Kier molecular flexibility index (Phi) is 41.6. The number of nitriles is 2. The van der Waals surface area contributed by atoms with E-state index in [4.69, 9.17) is 97.8 Å². The number of aromatic nitrogens is 8. The Morgan fingerprint density at radius 1 is 0.482 bits per heavy atom. The third kappa shape index (κ3) is 29.8. The number of ether oxygens (including phenoxy) is 8. The minimum Gasteiger partial charge on any atom is -0.496 e. The molecule has 0 spiro atoms. The predicted molar refractivity (Wildman–Crippen MR) is 548 cm³/mol. The van der Waals surface area contributed by atoms with Gasteiger partial charge in [-0.05, 0) is 196 Å². The van der Waals surface area contributed by atoms with Crippen LogP contribution in [0.2, 0.25) is 10.0 Å². The highest BCUT2D eigenvalue weighted by molar-refractivity contribution is 9.11. The second-order valence-corrected chi connectivity index (χ2v) is 37.4. The van der Waals surface area contributed by atoms with Crippen molar-refractivity contribution in [3.63, 3.8) is 0 Å². The lowest BCUT2D eigenvalue weighted by molar-refractivity contribution is -0.191. The summed E-state index contributed by atoms with van der Waals surface area (Å²) in [4.78, 5) is 86.8. The zero-order valence-electron chi connectivity index (χ0n) is 82.1. The third-order valence-corrected chi connectivity index (χ3v) is 24.8. The number of benzene rings is 2. The van der Waals surface area contributed by atoms with E-state index in [9.17, 15) is 24.9 Å². The molecule has 4 saturated heterocycles. The van der Waals surface area contributed by atoms with E-state index in [1.54, 1.807) is 116 Å². The highest BCUT2D eigenvalue weighted by atomic mass is 79.9. The van der Waals surface area contributed by atoms with Crippen molar-refractivity contribution in [1.82, 2.24) is 49.7 Å². The normalized spacial score (nSPS) is 14.5. The molecule has 0 radical (unpaired) electrons. The molecule has 742 valence electrons. The maximum absolute atomic E-state index is 12.3. The van der Waals surface area contributed by atoms with Crippen molar-refractivity contribution in [2.45, 2.75) is 150 Å². The van der Waals surface area contributed by atoms with Crippen LogP contribution in [-0.2, 0) is 42.5 Å². The van der Waals surface area contributed by atoms with Gasteiger partial charge in [0.1, 0.15) is 86.0 Å². The quantitative estimate of drug-likeness (QED) is 0.0595. The van der Waals surface area contributed by atoms with Crippen LogP contribution in [0.25, 0.3) is 67.1 Å². The maximum atomic E-state index is 12.3. The van der Waals surface area contributed by atoms with Crippen LogP contribution in [0.3, 0.4) is 0 Å². The number of aryl methyl sites for hydroxylation is 2. The molecule has 2 amide bonds. The van der Waals surface area contributed by atoms with Crippen LogP contribution in [0.1, 0.15) is 145 Å². The molecule has 41 heteroatoms. The highest BCUT2D eigenvalue weighted by Gasteiger charge is 2.54. The summed E-state index contributed by atoms with van der Waals surface area (Å²) in [5.41, 5.74) is 11.8. The van der Waals surface area contributed by atoms with Crippen LogP contribution < -0.4 is 50.2 Å². The Hall–Kier alpha value is -12.5. The van der Waals surface area contributed by atoms with Crippen LogP contribution in [0.5, 0.6) is 34.6 Å². The molecule has 13 aromatic rings. The molecule has 17 rings (SSSR count). The molecule has 0 aliphatic carbocycles. The predicted octanol–water partition coefficient (Wildman–Crippen LogP) is 19.8. The summed E-state index contributed by atoms with van der Waals surface area (Å²) < 4.78 is 85.5. The third-order valence-electron chi connectivity index (χ3n) is 22.4. The Balaban J connectivity index is 0.000000190. The van der Waals surface area contributed by atoms with Crippen LogP contribution in [0.4, 0.5) is 11.4 Å². The van der Waals surface area contributed by atoms with Crippen molar-refractivity contribution in [2.24, 2.45) is 0 Å². The first kappa shape index (κ1) is 112. The largest absolute Gasteiger partial charge is 0.532 e. The molecule has 0 saturated carbocycles. The van der Waals surface area contributed by atoms with Crippen molar-refractivity contribution in [3.8, 4) is 80.5 Å². The van der Waals surface area contributed by atoms with Crippen LogP contribution in [-0.4, -0.2) is 213 Å². The van der Waals surface area contributed by atoms with Gasteiger partial charge >= 0.3 is 20.4 Å². The number of nitrogens with one attached hydrogen (secondary N) is 2. The molecule has 34 nitrogen and oxygen atoms in total. The number of anilines is 2. The number of carbonyl (C=O) groups excluding carboxylic acids is 5. The molecule has 2 aromatic carbocycles. The zero-order valence-corrected chi connectivity index (χ0v) is 88.4. The van der Waals surface area contributed by atoms with Gasteiger partial charge in [0, 0.05) is 182 Å². The van der Waals surface area contributed by atoms with E-state index in [1.807, 2.05) is 136 Å². The summed E-state index contributed by atoms with van der Waals surface area (Å²) in [5.74, 6) is 4.00. The second kappa shape index (κ2) is 52.3. The van der Waals surface area contributed by atoms with Gasteiger partial charge in [-0.1, -0.05) is 55.6 Å². The summed E-state index contributed by atoms with van der Waals surface area (Å²) in [6, 6.07) is 35.9. The number of fused-ring (bicyclic) bond motifs is 3. The van der Waals surface area contributed by atoms with Gasteiger partial charge in [-0.3, -0.25) is 49.3 Å². The minimum atomic E-state index is -0.532. The van der Waals surface area contributed by atoms with Gasteiger partial charge in [-0.2, -0.15) is 20.1 Å². The molecule has 4 fully saturated rings. The number of hydrogen-bond acceptors (Lipinski definition) is 32. The number of rotatable bonds is 18. The first-order chi connectivity index (χ1) is 67.2. The van der Waals surface area contributed by atoms with Gasteiger partial charge in [-0.15, -0.1) is 0 Å². The van der Waals surface area contributed by atoms with E-state index in [-0.39, 0.29) is 46.8 Å². The fourth-order valence-corrected chi connectivity index (χ4v) is 15.1. The fraction of sp³-hybridized carbons (Fsp3) is 0.360. The number of furan rings is 3. The van der Waals surface area contributed by atoms with Crippen molar-refractivity contribution >= 4 is 165 Å². The van der Waals surface area contributed by atoms with E-state index >= 15 is 0 Å². The molecule has 0 unspecified atom stereocenters. The maximum Gasteiger partial charge on any atom is 0.532 e. The molecule has 0 atom stereocenters. The van der Waals surface area contributed by atoms with Crippen molar-refractivity contribution in [1.29, 1.82) is 10.5 Å².